The third kappa shape index (κ3) is 4.75. The van der Waals surface area contributed by atoms with Gasteiger partial charge in [-0.15, -0.1) is 0 Å². The highest BCUT2D eigenvalue weighted by atomic mass is 79.9. The molecular weight excluding hydrogens is 302 g/mol. The van der Waals surface area contributed by atoms with Gasteiger partial charge in [0.05, 0.1) is 0 Å². The summed E-state index contributed by atoms with van der Waals surface area (Å²) >= 11 is 3.28. The number of nitrogens with one attached hydrogen (secondary N) is 1. The first kappa shape index (κ1) is 14.5. The van der Waals surface area contributed by atoms with Crippen LogP contribution in [-0.2, 0) is 9.59 Å². The van der Waals surface area contributed by atoms with Gasteiger partial charge in [-0.25, -0.2) is 4.79 Å². The molecule has 0 fully saturated rings. The second-order valence-corrected chi connectivity index (χ2v) is 4.53. The molecule has 1 rings (SSSR count). The van der Waals surface area contributed by atoms with Crippen molar-refractivity contribution in [1.29, 1.82) is 0 Å². The number of amides is 1. The van der Waals surface area contributed by atoms with Gasteiger partial charge in [-0.3, -0.25) is 4.79 Å². The van der Waals surface area contributed by atoms with Crippen LogP contribution in [-0.4, -0.2) is 29.6 Å². The molecule has 0 saturated heterocycles. The van der Waals surface area contributed by atoms with E-state index in [4.69, 9.17) is 9.84 Å². The molecule has 1 aromatic carbocycles. The summed E-state index contributed by atoms with van der Waals surface area (Å²) in [6.45, 7) is 1.48. The summed E-state index contributed by atoms with van der Waals surface area (Å²) in [5.41, 5.74) is 0. The molecule has 1 unspecified atom stereocenters. The van der Waals surface area contributed by atoms with Crippen LogP contribution in [0.15, 0.2) is 28.7 Å². The van der Waals surface area contributed by atoms with Crippen molar-refractivity contribution >= 4 is 27.8 Å². The summed E-state index contributed by atoms with van der Waals surface area (Å²) in [4.78, 5) is 22.2. The molecule has 0 aliphatic heterocycles. The van der Waals surface area contributed by atoms with Crippen LogP contribution in [0.4, 0.5) is 0 Å². The Hall–Kier alpha value is -1.56. The average molecular weight is 316 g/mol. The number of carboxylic acids is 1. The molecule has 0 aliphatic carbocycles. The van der Waals surface area contributed by atoms with Crippen molar-refractivity contribution < 1.29 is 19.4 Å². The summed E-state index contributed by atoms with van der Waals surface area (Å²) < 4.78 is 6.08. The van der Waals surface area contributed by atoms with Crippen molar-refractivity contribution in [2.45, 2.75) is 19.4 Å². The number of benzene rings is 1. The Bertz CT molecular complexity index is 436. The normalized spacial score (nSPS) is 11.7. The Morgan fingerprint density at radius 1 is 1.50 bits per heavy atom. The SMILES string of the molecule is CCC(NC(=O)COc1cccc(Br)c1)C(=O)O. The molecule has 5 nitrogen and oxygen atoms in total. The molecule has 1 atom stereocenters. The van der Waals surface area contributed by atoms with Gasteiger partial charge in [-0.1, -0.05) is 28.9 Å². The molecule has 18 heavy (non-hydrogen) atoms. The van der Waals surface area contributed by atoms with E-state index in [2.05, 4.69) is 21.2 Å². The second-order valence-electron chi connectivity index (χ2n) is 3.61. The number of aliphatic carboxylic acids is 1. The summed E-state index contributed by atoms with van der Waals surface area (Å²) in [5, 5.41) is 11.2. The van der Waals surface area contributed by atoms with Gasteiger partial charge in [0.1, 0.15) is 11.8 Å². The molecule has 2 N–H and O–H groups in total. The van der Waals surface area contributed by atoms with Crippen LogP contribution in [0.2, 0.25) is 0 Å². The quantitative estimate of drug-likeness (QED) is 0.839. The van der Waals surface area contributed by atoms with Gasteiger partial charge >= 0.3 is 5.97 Å². The van der Waals surface area contributed by atoms with Gasteiger partial charge in [-0.2, -0.15) is 0 Å². The lowest BCUT2D eigenvalue weighted by Crippen LogP contribution is -2.42. The minimum Gasteiger partial charge on any atom is -0.484 e. The number of halogens is 1. The number of carbonyl (C=O) groups excluding carboxylic acids is 1. The predicted molar refractivity (Wildman–Crippen MR) is 69.5 cm³/mol. The van der Waals surface area contributed by atoms with Gasteiger partial charge in [0.15, 0.2) is 6.61 Å². The van der Waals surface area contributed by atoms with E-state index in [0.29, 0.717) is 12.2 Å². The third-order valence-corrected chi connectivity index (χ3v) is 2.70. The van der Waals surface area contributed by atoms with Crippen LogP contribution in [0.25, 0.3) is 0 Å². The third-order valence-electron chi connectivity index (χ3n) is 2.21. The summed E-state index contributed by atoms with van der Waals surface area (Å²) in [7, 11) is 0. The zero-order valence-corrected chi connectivity index (χ0v) is 11.4. The first-order valence-electron chi connectivity index (χ1n) is 5.43. The molecule has 0 radical (unpaired) electrons. The van der Waals surface area contributed by atoms with Gasteiger partial charge in [0.25, 0.3) is 5.91 Å². The maximum absolute atomic E-state index is 11.5. The van der Waals surface area contributed by atoms with E-state index in [1.54, 1.807) is 25.1 Å². The molecule has 0 spiro atoms. The van der Waals surface area contributed by atoms with E-state index in [9.17, 15) is 9.59 Å². The van der Waals surface area contributed by atoms with Gasteiger partial charge in [-0.05, 0) is 24.6 Å². The maximum atomic E-state index is 11.5. The monoisotopic (exact) mass is 315 g/mol. The molecule has 0 saturated carbocycles. The van der Waals surface area contributed by atoms with E-state index in [0.717, 1.165) is 4.47 Å². The van der Waals surface area contributed by atoms with Crippen LogP contribution in [0.3, 0.4) is 0 Å². The Kier molecular flexibility index (Phi) is 5.64. The smallest absolute Gasteiger partial charge is 0.326 e. The molecular formula is C12H14BrNO4. The predicted octanol–water partition coefficient (Wildman–Crippen LogP) is 1.81. The van der Waals surface area contributed by atoms with Crippen molar-refractivity contribution in [3.63, 3.8) is 0 Å². The van der Waals surface area contributed by atoms with Crippen LogP contribution in [0.1, 0.15) is 13.3 Å². The maximum Gasteiger partial charge on any atom is 0.326 e. The standard InChI is InChI=1S/C12H14BrNO4/c1-2-10(12(16)17)14-11(15)7-18-9-5-3-4-8(13)6-9/h3-6,10H,2,7H2,1H3,(H,14,15)(H,16,17). The molecule has 1 amide bonds. The summed E-state index contributed by atoms with van der Waals surface area (Å²) in [6.07, 6.45) is 0.331. The lowest BCUT2D eigenvalue weighted by atomic mass is 10.2. The number of hydrogen-bond acceptors (Lipinski definition) is 3. The van der Waals surface area contributed by atoms with Gasteiger partial charge in [0.2, 0.25) is 0 Å². The molecule has 0 heterocycles. The average Bonchev–Trinajstić information content (AvgIpc) is 2.33. The number of carboxylic acid groups (broad SMARTS) is 1. The van der Waals surface area contributed by atoms with Crippen molar-refractivity contribution in [3.05, 3.63) is 28.7 Å². The molecule has 98 valence electrons. The topological polar surface area (TPSA) is 75.6 Å². The van der Waals surface area contributed by atoms with Crippen molar-refractivity contribution in [1.82, 2.24) is 5.32 Å². The van der Waals surface area contributed by atoms with E-state index >= 15 is 0 Å². The fourth-order valence-corrected chi connectivity index (χ4v) is 1.66. The van der Waals surface area contributed by atoms with E-state index in [1.807, 2.05) is 6.07 Å². The summed E-state index contributed by atoms with van der Waals surface area (Å²) in [5.74, 6) is -0.958. The molecule has 0 bridgehead atoms. The van der Waals surface area contributed by atoms with Crippen molar-refractivity contribution in [3.8, 4) is 5.75 Å². The van der Waals surface area contributed by atoms with E-state index < -0.39 is 17.9 Å². The van der Waals surface area contributed by atoms with Gasteiger partial charge in [0, 0.05) is 4.47 Å². The van der Waals surface area contributed by atoms with E-state index in [1.165, 1.54) is 0 Å². The van der Waals surface area contributed by atoms with Crippen LogP contribution in [0.5, 0.6) is 5.75 Å². The molecule has 1 aromatic rings. The second kappa shape index (κ2) is 7.00. The van der Waals surface area contributed by atoms with Crippen molar-refractivity contribution in [2.75, 3.05) is 6.61 Å². The number of carbonyl (C=O) groups is 2. The highest BCUT2D eigenvalue weighted by Crippen LogP contribution is 2.17. The largest absolute Gasteiger partial charge is 0.484 e. The Labute approximate surface area is 113 Å². The summed E-state index contributed by atoms with van der Waals surface area (Å²) in [6, 6.07) is 6.19. The van der Waals surface area contributed by atoms with Crippen molar-refractivity contribution in [2.24, 2.45) is 0 Å². The first-order chi connectivity index (χ1) is 8.52. The van der Waals surface area contributed by atoms with Gasteiger partial charge < -0.3 is 15.2 Å². The number of rotatable bonds is 6. The van der Waals surface area contributed by atoms with Crippen LogP contribution < -0.4 is 10.1 Å². The van der Waals surface area contributed by atoms with Crippen LogP contribution >= 0.6 is 15.9 Å². The minimum atomic E-state index is -1.05. The number of hydrogen-bond donors (Lipinski definition) is 2. The highest BCUT2D eigenvalue weighted by Gasteiger charge is 2.17. The molecule has 6 heteroatoms. The lowest BCUT2D eigenvalue weighted by molar-refractivity contribution is -0.142. The fraction of sp³-hybridized carbons (Fsp3) is 0.333. The molecule has 0 aromatic heterocycles. The molecule has 0 aliphatic rings. The highest BCUT2D eigenvalue weighted by molar-refractivity contribution is 9.10. The minimum absolute atomic E-state index is 0.208. The van der Waals surface area contributed by atoms with E-state index in [-0.39, 0.29) is 6.61 Å². The Balaban J connectivity index is 2.44. The van der Waals surface area contributed by atoms with Crippen LogP contribution in [0, 0.1) is 0 Å². The zero-order valence-electron chi connectivity index (χ0n) is 9.85. The Morgan fingerprint density at radius 2 is 2.22 bits per heavy atom. The Morgan fingerprint density at radius 3 is 2.78 bits per heavy atom. The first-order valence-corrected chi connectivity index (χ1v) is 6.22. The fourth-order valence-electron chi connectivity index (χ4n) is 1.28. The zero-order chi connectivity index (χ0) is 13.5. The number of ether oxygens (including phenoxy) is 1. The lowest BCUT2D eigenvalue weighted by Gasteiger charge is -2.12.